The topological polar surface area (TPSA) is 36.9 Å². The van der Waals surface area contributed by atoms with Crippen LogP contribution in [0.2, 0.25) is 0 Å². The van der Waals surface area contributed by atoms with Crippen molar-refractivity contribution in [3.05, 3.63) is 53.1 Å². The van der Waals surface area contributed by atoms with Gasteiger partial charge in [-0.05, 0) is 54.7 Å². The average molecular weight is 356 g/mol. The molecule has 0 fully saturated rings. The molecule has 0 aromatic heterocycles. The molecule has 0 unspecified atom stereocenters. The van der Waals surface area contributed by atoms with E-state index >= 15 is 0 Å². The van der Waals surface area contributed by atoms with Gasteiger partial charge in [-0.3, -0.25) is 0 Å². The van der Waals surface area contributed by atoms with E-state index in [4.69, 9.17) is 18.9 Å². The summed E-state index contributed by atoms with van der Waals surface area (Å²) in [6.45, 7) is 4.38. The van der Waals surface area contributed by atoms with Gasteiger partial charge < -0.3 is 18.9 Å². The van der Waals surface area contributed by atoms with Crippen molar-refractivity contribution in [1.29, 1.82) is 0 Å². The summed E-state index contributed by atoms with van der Waals surface area (Å²) >= 11 is 0. The van der Waals surface area contributed by atoms with Gasteiger partial charge in [0.15, 0.2) is 23.0 Å². The number of ether oxygens (including phenoxy) is 4. The lowest BCUT2D eigenvalue weighted by Crippen LogP contribution is -2.02. The summed E-state index contributed by atoms with van der Waals surface area (Å²) in [4.78, 5) is 0. The quantitative estimate of drug-likeness (QED) is 0.667. The molecule has 0 heterocycles. The maximum atomic E-state index is 5.40. The van der Waals surface area contributed by atoms with Gasteiger partial charge in [0, 0.05) is 0 Å². The molecule has 0 amide bonds. The van der Waals surface area contributed by atoms with Gasteiger partial charge >= 0.3 is 0 Å². The summed E-state index contributed by atoms with van der Waals surface area (Å²) in [5, 5.41) is 0. The van der Waals surface area contributed by atoms with Crippen LogP contribution in [0.25, 0.3) is 6.08 Å². The standard InChI is InChI=1S/C22H28O4/c1-15(11-17-7-9-19(23-3)21(13-17)25-5)16(2)12-18-8-10-20(24-4)22(14-18)26-6/h7-11,13-14,16H,12H2,1-6H3/b15-11+/t16-/m0/s1. The molecule has 0 aliphatic carbocycles. The molecule has 26 heavy (non-hydrogen) atoms. The second kappa shape index (κ2) is 9.18. The van der Waals surface area contributed by atoms with Crippen molar-refractivity contribution < 1.29 is 18.9 Å². The SMILES string of the molecule is COc1ccc(/C=C(\C)[C@@H](C)Cc2ccc(OC)c(OC)c2)cc1OC. The van der Waals surface area contributed by atoms with E-state index in [1.54, 1.807) is 28.4 Å². The molecule has 0 N–H and O–H groups in total. The Balaban J connectivity index is 2.16. The molecular weight excluding hydrogens is 328 g/mol. The minimum atomic E-state index is 0.390. The fourth-order valence-electron chi connectivity index (χ4n) is 2.87. The van der Waals surface area contributed by atoms with Gasteiger partial charge in [0.05, 0.1) is 28.4 Å². The van der Waals surface area contributed by atoms with Crippen LogP contribution < -0.4 is 18.9 Å². The molecule has 0 saturated heterocycles. The molecule has 1 atom stereocenters. The van der Waals surface area contributed by atoms with Gasteiger partial charge in [0.25, 0.3) is 0 Å². The van der Waals surface area contributed by atoms with Crippen molar-refractivity contribution >= 4 is 6.08 Å². The lowest BCUT2D eigenvalue weighted by atomic mass is 9.93. The van der Waals surface area contributed by atoms with Gasteiger partial charge in [-0.25, -0.2) is 0 Å². The van der Waals surface area contributed by atoms with E-state index < -0.39 is 0 Å². The molecule has 0 saturated carbocycles. The molecule has 2 rings (SSSR count). The lowest BCUT2D eigenvalue weighted by Gasteiger charge is -2.15. The van der Waals surface area contributed by atoms with E-state index in [9.17, 15) is 0 Å². The van der Waals surface area contributed by atoms with Crippen LogP contribution >= 0.6 is 0 Å². The van der Waals surface area contributed by atoms with E-state index in [-0.39, 0.29) is 0 Å². The van der Waals surface area contributed by atoms with Crippen LogP contribution in [-0.4, -0.2) is 28.4 Å². The largest absolute Gasteiger partial charge is 0.493 e. The predicted octanol–water partition coefficient (Wildman–Crippen LogP) is 5.00. The fraction of sp³-hybridized carbons (Fsp3) is 0.364. The zero-order valence-corrected chi connectivity index (χ0v) is 16.5. The number of benzene rings is 2. The summed E-state index contributed by atoms with van der Waals surface area (Å²) in [7, 11) is 6.60. The minimum absolute atomic E-state index is 0.390. The van der Waals surface area contributed by atoms with Gasteiger partial charge in [-0.15, -0.1) is 0 Å². The first-order chi connectivity index (χ1) is 12.5. The first-order valence-corrected chi connectivity index (χ1v) is 8.63. The van der Waals surface area contributed by atoms with Crippen LogP contribution in [0.4, 0.5) is 0 Å². The Hall–Kier alpha value is -2.62. The fourth-order valence-corrected chi connectivity index (χ4v) is 2.87. The van der Waals surface area contributed by atoms with Gasteiger partial charge in [0.1, 0.15) is 0 Å². The number of methoxy groups -OCH3 is 4. The van der Waals surface area contributed by atoms with Crippen LogP contribution in [0.5, 0.6) is 23.0 Å². The summed E-state index contributed by atoms with van der Waals surface area (Å²) in [5.74, 6) is 3.38. The molecule has 0 bridgehead atoms. The number of allylic oxidation sites excluding steroid dienone is 1. The van der Waals surface area contributed by atoms with Crippen LogP contribution in [-0.2, 0) is 6.42 Å². The van der Waals surface area contributed by atoms with Crippen molar-refractivity contribution in [3.63, 3.8) is 0 Å². The monoisotopic (exact) mass is 356 g/mol. The van der Waals surface area contributed by atoms with Gasteiger partial charge in [0.2, 0.25) is 0 Å². The molecule has 2 aromatic rings. The minimum Gasteiger partial charge on any atom is -0.493 e. The Morgan fingerprint density at radius 3 is 1.92 bits per heavy atom. The highest BCUT2D eigenvalue weighted by Gasteiger charge is 2.10. The number of hydrogen-bond donors (Lipinski definition) is 0. The molecular formula is C22H28O4. The van der Waals surface area contributed by atoms with Crippen molar-refractivity contribution in [2.24, 2.45) is 5.92 Å². The van der Waals surface area contributed by atoms with E-state index in [0.717, 1.165) is 35.0 Å². The highest BCUT2D eigenvalue weighted by Crippen LogP contribution is 2.31. The Morgan fingerprint density at radius 2 is 1.35 bits per heavy atom. The Morgan fingerprint density at radius 1 is 0.808 bits per heavy atom. The third kappa shape index (κ3) is 4.72. The predicted molar refractivity (Wildman–Crippen MR) is 106 cm³/mol. The Bertz CT molecular complexity index is 765. The second-order valence-corrected chi connectivity index (χ2v) is 6.30. The zero-order valence-electron chi connectivity index (χ0n) is 16.5. The smallest absolute Gasteiger partial charge is 0.161 e. The van der Waals surface area contributed by atoms with Gasteiger partial charge in [-0.2, -0.15) is 0 Å². The molecule has 0 spiro atoms. The van der Waals surface area contributed by atoms with E-state index in [2.05, 4.69) is 26.0 Å². The van der Waals surface area contributed by atoms with E-state index in [1.165, 1.54) is 11.1 Å². The maximum Gasteiger partial charge on any atom is 0.161 e. The normalized spacial score (nSPS) is 12.5. The summed E-state index contributed by atoms with van der Waals surface area (Å²) < 4.78 is 21.4. The van der Waals surface area contributed by atoms with Gasteiger partial charge in [-0.1, -0.05) is 30.7 Å². The van der Waals surface area contributed by atoms with Crippen molar-refractivity contribution in [3.8, 4) is 23.0 Å². The number of rotatable bonds is 8. The zero-order chi connectivity index (χ0) is 19.1. The summed E-state index contributed by atoms with van der Waals surface area (Å²) in [6.07, 6.45) is 3.11. The molecule has 4 heteroatoms. The Labute approximate surface area is 156 Å². The first kappa shape index (κ1) is 19.7. The lowest BCUT2D eigenvalue weighted by molar-refractivity contribution is 0.354. The highest BCUT2D eigenvalue weighted by molar-refractivity contribution is 5.58. The maximum absolute atomic E-state index is 5.40. The van der Waals surface area contributed by atoms with E-state index in [1.807, 2.05) is 30.3 Å². The third-order valence-electron chi connectivity index (χ3n) is 4.57. The van der Waals surface area contributed by atoms with Crippen molar-refractivity contribution in [2.75, 3.05) is 28.4 Å². The van der Waals surface area contributed by atoms with E-state index in [0.29, 0.717) is 5.92 Å². The van der Waals surface area contributed by atoms with Crippen molar-refractivity contribution in [1.82, 2.24) is 0 Å². The molecule has 0 aliphatic rings. The molecule has 140 valence electrons. The summed E-state index contributed by atoms with van der Waals surface area (Å²) in [5.41, 5.74) is 3.61. The van der Waals surface area contributed by atoms with Crippen LogP contribution in [0.3, 0.4) is 0 Å². The van der Waals surface area contributed by atoms with Crippen LogP contribution in [0.1, 0.15) is 25.0 Å². The Kier molecular flexibility index (Phi) is 6.96. The second-order valence-electron chi connectivity index (χ2n) is 6.30. The van der Waals surface area contributed by atoms with Crippen molar-refractivity contribution in [2.45, 2.75) is 20.3 Å². The van der Waals surface area contributed by atoms with Crippen LogP contribution in [0.15, 0.2) is 42.0 Å². The van der Waals surface area contributed by atoms with Crippen LogP contribution in [0, 0.1) is 5.92 Å². The third-order valence-corrected chi connectivity index (χ3v) is 4.57. The highest BCUT2D eigenvalue weighted by atomic mass is 16.5. The number of hydrogen-bond acceptors (Lipinski definition) is 4. The molecule has 2 aromatic carbocycles. The molecule has 4 nitrogen and oxygen atoms in total. The average Bonchev–Trinajstić information content (AvgIpc) is 2.67. The summed E-state index contributed by atoms with van der Waals surface area (Å²) in [6, 6.07) is 12.0. The first-order valence-electron chi connectivity index (χ1n) is 8.63. The molecule has 0 radical (unpaired) electrons. The molecule has 0 aliphatic heterocycles.